The van der Waals surface area contributed by atoms with E-state index in [0.717, 1.165) is 0 Å². The van der Waals surface area contributed by atoms with Crippen LogP contribution in [-0.2, 0) is 11.8 Å². The molecular formula is C10H14N4O3. The Hall–Kier alpha value is -1.89. The highest BCUT2D eigenvalue weighted by atomic mass is 16.4. The molecule has 1 aromatic rings. The van der Waals surface area contributed by atoms with E-state index in [1.807, 2.05) is 0 Å². The number of carboxylic acid groups (broad SMARTS) is 1. The smallest absolute Gasteiger partial charge is 0.327 e. The van der Waals surface area contributed by atoms with Gasteiger partial charge < -0.3 is 19.9 Å². The van der Waals surface area contributed by atoms with Gasteiger partial charge in [-0.25, -0.2) is 9.78 Å². The molecule has 0 aliphatic carbocycles. The van der Waals surface area contributed by atoms with Gasteiger partial charge in [-0.3, -0.25) is 4.79 Å². The number of amides is 1. The molecule has 0 aromatic carbocycles. The Labute approximate surface area is 98.0 Å². The molecule has 1 atom stereocenters. The van der Waals surface area contributed by atoms with Crippen LogP contribution in [0.3, 0.4) is 0 Å². The van der Waals surface area contributed by atoms with Crippen LogP contribution in [-0.4, -0.2) is 57.1 Å². The van der Waals surface area contributed by atoms with Crippen LogP contribution in [0.4, 0.5) is 0 Å². The number of piperazine rings is 1. The first kappa shape index (κ1) is 11.6. The van der Waals surface area contributed by atoms with Crippen LogP contribution < -0.4 is 5.32 Å². The highest BCUT2D eigenvalue weighted by molar-refractivity contribution is 5.95. The van der Waals surface area contributed by atoms with E-state index in [2.05, 4.69) is 10.3 Å². The van der Waals surface area contributed by atoms with Crippen LogP contribution in [0.15, 0.2) is 12.5 Å². The van der Waals surface area contributed by atoms with Crippen molar-refractivity contribution >= 4 is 11.9 Å². The minimum atomic E-state index is -0.993. The number of aryl methyl sites for hydroxylation is 1. The molecule has 1 unspecified atom stereocenters. The van der Waals surface area contributed by atoms with E-state index in [9.17, 15) is 9.59 Å². The quantitative estimate of drug-likeness (QED) is 0.684. The standard InChI is InChI=1S/C10H14N4O3/c1-13-6-12-4-7(13)9(15)14-3-2-11-5-8(14)10(16)17/h4,6,8,11H,2-3,5H2,1H3,(H,16,17). The first-order valence-corrected chi connectivity index (χ1v) is 5.32. The summed E-state index contributed by atoms with van der Waals surface area (Å²) < 4.78 is 1.59. The zero-order valence-electron chi connectivity index (χ0n) is 9.46. The molecule has 0 radical (unpaired) electrons. The Morgan fingerprint density at radius 1 is 1.59 bits per heavy atom. The van der Waals surface area contributed by atoms with Gasteiger partial charge in [0.05, 0.1) is 12.5 Å². The minimum absolute atomic E-state index is 0.277. The summed E-state index contributed by atoms with van der Waals surface area (Å²) >= 11 is 0. The highest BCUT2D eigenvalue weighted by Gasteiger charge is 2.33. The number of nitrogens with zero attached hydrogens (tertiary/aromatic N) is 3. The monoisotopic (exact) mass is 238 g/mol. The number of nitrogens with one attached hydrogen (secondary N) is 1. The maximum absolute atomic E-state index is 12.2. The van der Waals surface area contributed by atoms with Crippen LogP contribution >= 0.6 is 0 Å². The van der Waals surface area contributed by atoms with Gasteiger partial charge in [0.25, 0.3) is 5.91 Å². The number of carboxylic acids is 1. The van der Waals surface area contributed by atoms with Crippen molar-refractivity contribution < 1.29 is 14.7 Å². The SMILES string of the molecule is Cn1cncc1C(=O)N1CCNCC1C(=O)O. The molecule has 92 valence electrons. The van der Waals surface area contributed by atoms with Gasteiger partial charge in [0.15, 0.2) is 0 Å². The molecule has 1 aliphatic heterocycles. The average molecular weight is 238 g/mol. The third-order valence-corrected chi connectivity index (χ3v) is 2.83. The lowest BCUT2D eigenvalue weighted by molar-refractivity contribution is -0.142. The third-order valence-electron chi connectivity index (χ3n) is 2.83. The molecule has 2 heterocycles. The number of aliphatic carboxylic acids is 1. The Morgan fingerprint density at radius 2 is 2.35 bits per heavy atom. The first-order valence-electron chi connectivity index (χ1n) is 5.32. The average Bonchev–Trinajstić information content (AvgIpc) is 2.74. The molecular weight excluding hydrogens is 224 g/mol. The maximum Gasteiger partial charge on any atom is 0.327 e. The van der Waals surface area contributed by atoms with Crippen LogP contribution in [0.25, 0.3) is 0 Å². The Bertz CT molecular complexity index is 443. The summed E-state index contributed by atoms with van der Waals surface area (Å²) in [5.74, 6) is -1.29. The van der Waals surface area contributed by atoms with Gasteiger partial charge >= 0.3 is 5.97 Å². The summed E-state index contributed by atoms with van der Waals surface area (Å²) in [6.45, 7) is 1.27. The molecule has 1 aliphatic rings. The van der Waals surface area contributed by atoms with E-state index < -0.39 is 12.0 Å². The topological polar surface area (TPSA) is 87.5 Å². The van der Waals surface area contributed by atoms with Crippen molar-refractivity contribution in [2.75, 3.05) is 19.6 Å². The van der Waals surface area contributed by atoms with Crippen LogP contribution in [0.5, 0.6) is 0 Å². The Balaban J connectivity index is 2.23. The van der Waals surface area contributed by atoms with E-state index in [4.69, 9.17) is 5.11 Å². The van der Waals surface area contributed by atoms with Crippen molar-refractivity contribution in [1.29, 1.82) is 0 Å². The van der Waals surface area contributed by atoms with Crippen LogP contribution in [0, 0.1) is 0 Å². The molecule has 2 rings (SSSR count). The fourth-order valence-electron chi connectivity index (χ4n) is 1.88. The van der Waals surface area contributed by atoms with Crippen molar-refractivity contribution in [1.82, 2.24) is 19.8 Å². The van der Waals surface area contributed by atoms with Crippen molar-refractivity contribution in [2.24, 2.45) is 7.05 Å². The van der Waals surface area contributed by atoms with Crippen LogP contribution in [0.1, 0.15) is 10.5 Å². The van der Waals surface area contributed by atoms with E-state index in [1.54, 1.807) is 11.6 Å². The summed E-state index contributed by atoms with van der Waals surface area (Å²) in [7, 11) is 1.71. The van der Waals surface area contributed by atoms with Crippen LogP contribution in [0.2, 0.25) is 0 Å². The number of hydrogen-bond donors (Lipinski definition) is 2. The lowest BCUT2D eigenvalue weighted by Crippen LogP contribution is -2.57. The molecule has 1 amide bonds. The second kappa shape index (κ2) is 4.54. The number of hydrogen-bond acceptors (Lipinski definition) is 4. The molecule has 1 fully saturated rings. The normalized spacial score (nSPS) is 20.3. The molecule has 1 aromatic heterocycles. The summed E-state index contributed by atoms with van der Waals surface area (Å²) in [4.78, 5) is 28.5. The van der Waals surface area contributed by atoms with Gasteiger partial charge in [-0.15, -0.1) is 0 Å². The molecule has 0 spiro atoms. The summed E-state index contributed by atoms with van der Waals surface area (Å²) in [5, 5.41) is 12.0. The van der Waals surface area contributed by atoms with E-state index in [-0.39, 0.29) is 12.5 Å². The van der Waals surface area contributed by atoms with Crippen molar-refractivity contribution in [3.05, 3.63) is 18.2 Å². The number of carbonyl (C=O) groups is 2. The third kappa shape index (κ3) is 2.14. The largest absolute Gasteiger partial charge is 0.480 e. The molecule has 1 saturated heterocycles. The number of carbonyl (C=O) groups excluding carboxylic acids is 1. The van der Waals surface area contributed by atoms with Gasteiger partial charge in [-0.1, -0.05) is 0 Å². The minimum Gasteiger partial charge on any atom is -0.480 e. The van der Waals surface area contributed by atoms with Gasteiger partial charge in [0, 0.05) is 26.7 Å². The van der Waals surface area contributed by atoms with Crippen molar-refractivity contribution in [3.8, 4) is 0 Å². The lowest BCUT2D eigenvalue weighted by Gasteiger charge is -2.33. The van der Waals surface area contributed by atoms with E-state index in [0.29, 0.717) is 18.8 Å². The fraction of sp³-hybridized carbons (Fsp3) is 0.500. The Morgan fingerprint density at radius 3 is 2.94 bits per heavy atom. The van der Waals surface area contributed by atoms with Gasteiger partial charge in [0.2, 0.25) is 0 Å². The van der Waals surface area contributed by atoms with Gasteiger partial charge in [0.1, 0.15) is 11.7 Å². The van der Waals surface area contributed by atoms with Gasteiger partial charge in [-0.2, -0.15) is 0 Å². The van der Waals surface area contributed by atoms with Crippen molar-refractivity contribution in [3.63, 3.8) is 0 Å². The molecule has 0 saturated carbocycles. The fourth-order valence-corrected chi connectivity index (χ4v) is 1.88. The lowest BCUT2D eigenvalue weighted by atomic mass is 10.2. The molecule has 7 heteroatoms. The van der Waals surface area contributed by atoms with Crippen molar-refractivity contribution in [2.45, 2.75) is 6.04 Å². The Kier molecular flexibility index (Phi) is 3.10. The summed E-state index contributed by atoms with van der Waals surface area (Å²) in [6, 6.07) is -0.814. The zero-order valence-corrected chi connectivity index (χ0v) is 9.46. The summed E-state index contributed by atoms with van der Waals surface area (Å²) in [5.41, 5.74) is 0.401. The summed E-state index contributed by atoms with van der Waals surface area (Å²) in [6.07, 6.45) is 2.97. The molecule has 2 N–H and O–H groups in total. The molecule has 17 heavy (non-hydrogen) atoms. The highest BCUT2D eigenvalue weighted by Crippen LogP contribution is 2.10. The number of rotatable bonds is 2. The second-order valence-electron chi connectivity index (χ2n) is 3.95. The molecule has 0 bridgehead atoms. The van der Waals surface area contributed by atoms with E-state index >= 15 is 0 Å². The predicted octanol–water partition coefficient (Wildman–Crippen LogP) is -1.08. The van der Waals surface area contributed by atoms with Gasteiger partial charge in [-0.05, 0) is 0 Å². The molecule has 7 nitrogen and oxygen atoms in total. The number of aromatic nitrogens is 2. The second-order valence-corrected chi connectivity index (χ2v) is 3.95. The first-order chi connectivity index (χ1) is 8.11. The number of imidazole rings is 1. The zero-order chi connectivity index (χ0) is 12.4. The van der Waals surface area contributed by atoms with E-state index in [1.165, 1.54) is 17.4 Å². The maximum atomic E-state index is 12.2. The predicted molar refractivity (Wildman–Crippen MR) is 58.5 cm³/mol.